The van der Waals surface area contributed by atoms with Crippen LogP contribution in [0.15, 0.2) is 84.9 Å². The third-order valence-corrected chi connectivity index (χ3v) is 8.30. The van der Waals surface area contributed by atoms with Gasteiger partial charge in [-0.2, -0.15) is 0 Å². The number of hydrogen-bond donors (Lipinski definition) is 0. The number of hydrogen-bond acceptors (Lipinski definition) is 5. The molecule has 1 fully saturated rings. The van der Waals surface area contributed by atoms with Crippen LogP contribution in [0, 0.1) is 20.8 Å². The maximum Gasteiger partial charge on any atom is 0.343 e. The Labute approximate surface area is 242 Å². The third kappa shape index (κ3) is 6.04. The fourth-order valence-corrected chi connectivity index (χ4v) is 5.73. The number of esters is 2. The standard InChI is InChI=1S/C36H36O5/c1-24-8-13-29(22-25(24)2)36(20-6-5-7-21-36)30-14-19-33(26(3)23-30)41-35(38)28-11-17-32(18-12-28)40-31-15-9-27(10-16-31)34(37)39-4/h8-19,22-23H,5-7,20-21H2,1-4H3. The number of ether oxygens (including phenoxy) is 3. The molecule has 41 heavy (non-hydrogen) atoms. The highest BCUT2D eigenvalue weighted by atomic mass is 16.5. The van der Waals surface area contributed by atoms with Gasteiger partial charge in [-0.1, -0.05) is 49.6 Å². The van der Waals surface area contributed by atoms with Gasteiger partial charge in [0.25, 0.3) is 0 Å². The molecule has 0 heterocycles. The van der Waals surface area contributed by atoms with Crippen LogP contribution in [0.3, 0.4) is 0 Å². The topological polar surface area (TPSA) is 61.8 Å². The summed E-state index contributed by atoms with van der Waals surface area (Å²) < 4.78 is 16.4. The smallest absolute Gasteiger partial charge is 0.343 e. The molecule has 0 atom stereocenters. The molecular formula is C36H36O5. The fourth-order valence-electron chi connectivity index (χ4n) is 5.73. The van der Waals surface area contributed by atoms with Crippen LogP contribution in [0.5, 0.6) is 17.2 Å². The molecule has 0 amide bonds. The van der Waals surface area contributed by atoms with Crippen LogP contribution in [0.1, 0.15) is 80.6 Å². The number of methoxy groups -OCH3 is 1. The van der Waals surface area contributed by atoms with E-state index < -0.39 is 11.9 Å². The quantitative estimate of drug-likeness (QED) is 0.171. The summed E-state index contributed by atoms with van der Waals surface area (Å²) in [6, 6.07) is 26.6. The Balaban J connectivity index is 1.30. The van der Waals surface area contributed by atoms with Gasteiger partial charge in [-0.05, 0) is 116 Å². The van der Waals surface area contributed by atoms with Crippen molar-refractivity contribution in [3.8, 4) is 17.2 Å². The molecule has 4 aromatic carbocycles. The first kappa shape index (κ1) is 28.2. The lowest BCUT2D eigenvalue weighted by Gasteiger charge is -2.39. The molecule has 0 unspecified atom stereocenters. The van der Waals surface area contributed by atoms with Gasteiger partial charge in [0.2, 0.25) is 0 Å². The van der Waals surface area contributed by atoms with Gasteiger partial charge in [-0.25, -0.2) is 9.59 Å². The lowest BCUT2D eigenvalue weighted by atomic mass is 9.65. The Morgan fingerprint density at radius 1 is 0.610 bits per heavy atom. The minimum absolute atomic E-state index is 0.0144. The largest absolute Gasteiger partial charge is 0.465 e. The second kappa shape index (κ2) is 12.0. The predicted molar refractivity (Wildman–Crippen MR) is 160 cm³/mol. The van der Waals surface area contributed by atoms with E-state index >= 15 is 0 Å². The molecule has 210 valence electrons. The zero-order chi connectivity index (χ0) is 29.0. The minimum Gasteiger partial charge on any atom is -0.465 e. The lowest BCUT2D eigenvalue weighted by Crippen LogP contribution is -2.30. The summed E-state index contributed by atoms with van der Waals surface area (Å²) >= 11 is 0. The first-order valence-corrected chi connectivity index (χ1v) is 14.2. The second-order valence-corrected chi connectivity index (χ2v) is 11.0. The molecule has 5 nitrogen and oxygen atoms in total. The number of benzene rings is 4. The van der Waals surface area contributed by atoms with Gasteiger partial charge in [0, 0.05) is 5.41 Å². The summed E-state index contributed by atoms with van der Waals surface area (Å²) in [5, 5.41) is 0. The van der Waals surface area contributed by atoms with E-state index in [2.05, 4.69) is 44.2 Å². The summed E-state index contributed by atoms with van der Waals surface area (Å²) in [4.78, 5) is 24.6. The summed E-state index contributed by atoms with van der Waals surface area (Å²) in [5.41, 5.74) is 7.11. The first-order chi connectivity index (χ1) is 19.8. The number of carbonyl (C=O) groups excluding carboxylic acids is 2. The molecule has 4 aromatic rings. The first-order valence-electron chi connectivity index (χ1n) is 14.2. The number of aryl methyl sites for hydroxylation is 3. The highest BCUT2D eigenvalue weighted by molar-refractivity contribution is 5.91. The lowest BCUT2D eigenvalue weighted by molar-refractivity contribution is 0.0600. The second-order valence-electron chi connectivity index (χ2n) is 11.0. The Morgan fingerprint density at radius 3 is 1.68 bits per heavy atom. The molecule has 0 aromatic heterocycles. The molecule has 5 heteroatoms. The van der Waals surface area contributed by atoms with Gasteiger partial charge in [-0.3, -0.25) is 0 Å². The fraction of sp³-hybridized carbons (Fsp3) is 0.278. The van der Waals surface area contributed by atoms with E-state index in [4.69, 9.17) is 14.2 Å². The van der Waals surface area contributed by atoms with Crippen molar-refractivity contribution < 1.29 is 23.8 Å². The van der Waals surface area contributed by atoms with Gasteiger partial charge < -0.3 is 14.2 Å². The summed E-state index contributed by atoms with van der Waals surface area (Å²) in [7, 11) is 1.34. The van der Waals surface area contributed by atoms with Crippen molar-refractivity contribution in [2.24, 2.45) is 0 Å². The van der Waals surface area contributed by atoms with Gasteiger partial charge in [-0.15, -0.1) is 0 Å². The van der Waals surface area contributed by atoms with Gasteiger partial charge in [0.15, 0.2) is 0 Å². The van der Waals surface area contributed by atoms with Crippen molar-refractivity contribution in [2.45, 2.75) is 58.3 Å². The van der Waals surface area contributed by atoms with Crippen molar-refractivity contribution in [1.29, 1.82) is 0 Å². The van der Waals surface area contributed by atoms with Crippen molar-refractivity contribution >= 4 is 11.9 Å². The zero-order valence-electron chi connectivity index (χ0n) is 24.2. The molecule has 1 aliphatic rings. The highest BCUT2D eigenvalue weighted by Gasteiger charge is 2.36. The van der Waals surface area contributed by atoms with Gasteiger partial charge >= 0.3 is 11.9 Å². The van der Waals surface area contributed by atoms with Crippen LogP contribution >= 0.6 is 0 Å². The SMILES string of the molecule is COC(=O)c1ccc(Oc2ccc(C(=O)Oc3ccc(C4(c5ccc(C)c(C)c5)CCCCC4)cc3C)cc2)cc1. The van der Waals surface area contributed by atoms with Gasteiger partial charge in [0.1, 0.15) is 17.2 Å². The van der Waals surface area contributed by atoms with E-state index in [0.717, 1.165) is 18.4 Å². The van der Waals surface area contributed by atoms with Crippen molar-refractivity contribution in [3.63, 3.8) is 0 Å². The minimum atomic E-state index is -0.420. The van der Waals surface area contributed by atoms with Crippen LogP contribution in [0.25, 0.3) is 0 Å². The number of carbonyl (C=O) groups is 2. The molecule has 0 N–H and O–H groups in total. The van der Waals surface area contributed by atoms with Crippen molar-refractivity contribution in [2.75, 3.05) is 7.11 Å². The average Bonchev–Trinajstić information content (AvgIpc) is 3.00. The van der Waals surface area contributed by atoms with Crippen molar-refractivity contribution in [3.05, 3.63) is 124 Å². The highest BCUT2D eigenvalue weighted by Crippen LogP contribution is 2.46. The van der Waals surface area contributed by atoms with E-state index in [0.29, 0.717) is 28.4 Å². The predicted octanol–water partition coefficient (Wildman–Crippen LogP) is 8.66. The van der Waals surface area contributed by atoms with E-state index in [-0.39, 0.29) is 5.41 Å². The summed E-state index contributed by atoms with van der Waals surface area (Å²) in [6.45, 7) is 6.35. The Hall–Kier alpha value is -4.38. The number of rotatable bonds is 7. The molecular weight excluding hydrogens is 512 g/mol. The van der Waals surface area contributed by atoms with Gasteiger partial charge in [0.05, 0.1) is 18.2 Å². The normalized spacial score (nSPS) is 14.2. The van der Waals surface area contributed by atoms with E-state index in [9.17, 15) is 9.59 Å². The molecule has 0 radical (unpaired) electrons. The molecule has 0 bridgehead atoms. The van der Waals surface area contributed by atoms with Crippen LogP contribution in [-0.4, -0.2) is 19.0 Å². The zero-order valence-corrected chi connectivity index (χ0v) is 24.2. The van der Waals surface area contributed by atoms with E-state index in [1.165, 1.54) is 48.6 Å². The molecule has 0 saturated heterocycles. The molecule has 5 rings (SSSR count). The molecule has 0 spiro atoms. The molecule has 1 aliphatic carbocycles. The maximum atomic E-state index is 13.0. The monoisotopic (exact) mass is 548 g/mol. The summed E-state index contributed by atoms with van der Waals surface area (Å²) in [6.07, 6.45) is 5.94. The van der Waals surface area contributed by atoms with E-state index in [1.54, 1.807) is 48.5 Å². The maximum absolute atomic E-state index is 13.0. The Kier molecular flexibility index (Phi) is 8.25. The van der Waals surface area contributed by atoms with Crippen LogP contribution < -0.4 is 9.47 Å². The van der Waals surface area contributed by atoms with E-state index in [1.807, 2.05) is 13.0 Å². The van der Waals surface area contributed by atoms with Crippen molar-refractivity contribution in [1.82, 2.24) is 0 Å². The molecule has 0 aliphatic heterocycles. The molecule has 1 saturated carbocycles. The van der Waals surface area contributed by atoms with Crippen LogP contribution in [-0.2, 0) is 10.2 Å². The average molecular weight is 549 g/mol. The third-order valence-electron chi connectivity index (χ3n) is 8.30. The summed E-state index contributed by atoms with van der Waals surface area (Å²) in [5.74, 6) is 0.878. The van der Waals surface area contributed by atoms with Crippen LogP contribution in [0.2, 0.25) is 0 Å². The Bertz CT molecular complexity index is 1540. The Morgan fingerprint density at radius 2 is 1.15 bits per heavy atom. The van der Waals surface area contributed by atoms with Crippen LogP contribution in [0.4, 0.5) is 0 Å².